The Kier molecular flexibility index (Phi) is 5.94. The number of barbiturate groups is 1. The fraction of sp³-hybridized carbons (Fsp3) is 0.0909. The van der Waals surface area contributed by atoms with Gasteiger partial charge in [0.15, 0.2) is 0 Å². The third kappa shape index (κ3) is 4.20. The van der Waals surface area contributed by atoms with Crippen molar-refractivity contribution in [3.8, 4) is 18.1 Å². The van der Waals surface area contributed by atoms with Crippen LogP contribution in [0.5, 0.6) is 5.75 Å². The molecule has 4 amide bonds. The Labute approximate surface area is 172 Å². The summed E-state index contributed by atoms with van der Waals surface area (Å²) in [6.45, 7) is 0.0727. The third-order valence-corrected chi connectivity index (χ3v) is 4.14. The van der Waals surface area contributed by atoms with Crippen LogP contribution in [0.15, 0.2) is 54.1 Å². The average molecular weight is 404 g/mol. The van der Waals surface area contributed by atoms with E-state index in [2.05, 4.69) is 16.0 Å². The summed E-state index contributed by atoms with van der Waals surface area (Å²) < 4.78 is 9.95. The van der Waals surface area contributed by atoms with Crippen LogP contribution in [0.25, 0.3) is 6.08 Å². The molecule has 0 atom stereocenters. The van der Waals surface area contributed by atoms with Crippen LogP contribution in [-0.4, -0.2) is 37.5 Å². The Morgan fingerprint density at radius 3 is 2.57 bits per heavy atom. The second-order valence-electron chi connectivity index (χ2n) is 6.06. The van der Waals surface area contributed by atoms with Gasteiger partial charge in [0.1, 0.15) is 17.9 Å². The normalized spacial score (nSPS) is 14.9. The molecule has 2 aromatic carbocycles. The van der Waals surface area contributed by atoms with Gasteiger partial charge < -0.3 is 9.47 Å². The number of ether oxygens (including phenoxy) is 2. The lowest BCUT2D eigenvalue weighted by Gasteiger charge is -2.26. The summed E-state index contributed by atoms with van der Waals surface area (Å²) in [7, 11) is 1.24. The predicted molar refractivity (Wildman–Crippen MR) is 108 cm³/mol. The van der Waals surface area contributed by atoms with Crippen LogP contribution >= 0.6 is 0 Å². The maximum atomic E-state index is 12.9. The van der Waals surface area contributed by atoms with E-state index >= 15 is 0 Å². The van der Waals surface area contributed by atoms with Crippen molar-refractivity contribution in [1.29, 1.82) is 0 Å². The highest BCUT2D eigenvalue weighted by molar-refractivity contribution is 6.39. The molecule has 8 heteroatoms. The quantitative estimate of drug-likeness (QED) is 0.355. The van der Waals surface area contributed by atoms with Gasteiger partial charge in [-0.3, -0.25) is 14.9 Å². The van der Waals surface area contributed by atoms with Gasteiger partial charge in [-0.25, -0.2) is 14.5 Å². The molecule has 0 bridgehead atoms. The fourth-order valence-electron chi connectivity index (χ4n) is 2.74. The number of terminal acetylenes is 1. The smallest absolute Gasteiger partial charge is 0.337 e. The SMILES string of the molecule is C#CCOc1cccc(C=C2C(=O)NC(=O)N(c3ccc(C(=O)OC)cc3)C2=O)c1. The van der Waals surface area contributed by atoms with E-state index in [9.17, 15) is 19.2 Å². The van der Waals surface area contributed by atoms with Crippen molar-refractivity contribution in [2.24, 2.45) is 0 Å². The van der Waals surface area contributed by atoms with Crippen molar-refractivity contribution in [1.82, 2.24) is 5.32 Å². The number of esters is 1. The van der Waals surface area contributed by atoms with E-state index in [1.165, 1.54) is 37.5 Å². The minimum Gasteiger partial charge on any atom is -0.481 e. The summed E-state index contributed by atoms with van der Waals surface area (Å²) in [5.74, 6) is 0.640. The second-order valence-corrected chi connectivity index (χ2v) is 6.06. The molecular weight excluding hydrogens is 388 g/mol. The number of hydrogen-bond donors (Lipinski definition) is 1. The first-order valence-corrected chi connectivity index (χ1v) is 8.70. The van der Waals surface area contributed by atoms with Crippen molar-refractivity contribution in [3.63, 3.8) is 0 Å². The lowest BCUT2D eigenvalue weighted by molar-refractivity contribution is -0.122. The number of imide groups is 2. The summed E-state index contributed by atoms with van der Waals surface area (Å²) in [5.41, 5.74) is 0.718. The average Bonchev–Trinajstić information content (AvgIpc) is 2.75. The number of nitrogens with zero attached hydrogens (tertiary/aromatic N) is 1. The van der Waals surface area contributed by atoms with Crippen molar-refractivity contribution in [3.05, 3.63) is 65.2 Å². The molecule has 30 heavy (non-hydrogen) atoms. The number of nitrogens with one attached hydrogen (secondary N) is 1. The highest BCUT2D eigenvalue weighted by Gasteiger charge is 2.36. The van der Waals surface area contributed by atoms with Gasteiger partial charge in [-0.1, -0.05) is 18.1 Å². The Hall–Kier alpha value is -4.38. The van der Waals surface area contributed by atoms with Crippen LogP contribution < -0.4 is 15.0 Å². The number of anilines is 1. The molecule has 1 aliphatic heterocycles. The first-order chi connectivity index (χ1) is 14.4. The molecule has 8 nitrogen and oxygen atoms in total. The summed E-state index contributed by atoms with van der Waals surface area (Å²) >= 11 is 0. The molecule has 1 aliphatic rings. The first-order valence-electron chi connectivity index (χ1n) is 8.70. The maximum Gasteiger partial charge on any atom is 0.337 e. The number of carbonyl (C=O) groups excluding carboxylic acids is 4. The van der Waals surface area contributed by atoms with E-state index in [0.29, 0.717) is 11.3 Å². The molecule has 0 saturated carbocycles. The van der Waals surface area contributed by atoms with Gasteiger partial charge in [-0.15, -0.1) is 6.42 Å². The number of rotatable bonds is 5. The number of hydrogen-bond acceptors (Lipinski definition) is 6. The van der Waals surface area contributed by atoms with Crippen LogP contribution in [0.3, 0.4) is 0 Å². The van der Waals surface area contributed by atoms with E-state index in [4.69, 9.17) is 11.2 Å². The molecule has 0 aliphatic carbocycles. The number of amides is 4. The fourth-order valence-corrected chi connectivity index (χ4v) is 2.74. The van der Waals surface area contributed by atoms with Crippen LogP contribution in [0, 0.1) is 12.3 Å². The lowest BCUT2D eigenvalue weighted by atomic mass is 10.1. The number of benzene rings is 2. The van der Waals surface area contributed by atoms with Crippen LogP contribution in [0.4, 0.5) is 10.5 Å². The summed E-state index contributed by atoms with van der Waals surface area (Å²) in [6, 6.07) is 11.4. The zero-order valence-corrected chi connectivity index (χ0v) is 15.9. The number of carbonyl (C=O) groups is 4. The number of methoxy groups -OCH3 is 1. The molecule has 1 N–H and O–H groups in total. The Bertz CT molecular complexity index is 1100. The third-order valence-electron chi connectivity index (χ3n) is 4.14. The van der Waals surface area contributed by atoms with Gasteiger partial charge in [0.2, 0.25) is 0 Å². The molecule has 0 unspecified atom stereocenters. The molecule has 2 aromatic rings. The van der Waals surface area contributed by atoms with E-state index in [-0.39, 0.29) is 23.4 Å². The van der Waals surface area contributed by atoms with Crippen LogP contribution in [-0.2, 0) is 14.3 Å². The standard InChI is InChI=1S/C22H16N2O6/c1-3-11-30-17-6-4-5-14(12-17)13-18-19(25)23-22(28)24(20(18)26)16-9-7-15(8-10-16)21(27)29-2/h1,4-10,12-13H,11H2,2H3,(H,23,25,28). The van der Waals surface area contributed by atoms with E-state index in [1.54, 1.807) is 24.3 Å². The van der Waals surface area contributed by atoms with Crippen molar-refractivity contribution in [2.75, 3.05) is 18.6 Å². The highest BCUT2D eigenvalue weighted by Crippen LogP contribution is 2.23. The van der Waals surface area contributed by atoms with Crippen molar-refractivity contribution < 1.29 is 28.7 Å². The number of urea groups is 1. The topological polar surface area (TPSA) is 102 Å². The van der Waals surface area contributed by atoms with Gasteiger partial charge in [-0.2, -0.15) is 0 Å². The zero-order chi connectivity index (χ0) is 21.7. The Morgan fingerprint density at radius 2 is 1.90 bits per heavy atom. The Morgan fingerprint density at radius 1 is 1.17 bits per heavy atom. The monoisotopic (exact) mass is 404 g/mol. The van der Waals surface area contributed by atoms with Crippen LogP contribution in [0.1, 0.15) is 15.9 Å². The van der Waals surface area contributed by atoms with Crippen molar-refractivity contribution >= 4 is 35.6 Å². The molecule has 1 saturated heterocycles. The summed E-state index contributed by atoms with van der Waals surface area (Å²) in [6.07, 6.45) is 6.52. The highest BCUT2D eigenvalue weighted by atomic mass is 16.5. The molecule has 1 heterocycles. The van der Waals surface area contributed by atoms with Gasteiger partial charge >= 0.3 is 12.0 Å². The molecule has 0 spiro atoms. The summed E-state index contributed by atoms with van der Waals surface area (Å²) in [4.78, 5) is 49.8. The molecule has 0 aromatic heterocycles. The molecule has 1 fully saturated rings. The predicted octanol–water partition coefficient (Wildman–Crippen LogP) is 2.15. The largest absolute Gasteiger partial charge is 0.481 e. The molecule has 0 radical (unpaired) electrons. The van der Waals surface area contributed by atoms with E-state index < -0.39 is 23.8 Å². The lowest BCUT2D eigenvalue weighted by Crippen LogP contribution is -2.54. The van der Waals surface area contributed by atoms with Crippen molar-refractivity contribution in [2.45, 2.75) is 0 Å². The van der Waals surface area contributed by atoms with Gasteiger partial charge in [0.05, 0.1) is 18.4 Å². The summed E-state index contributed by atoms with van der Waals surface area (Å²) in [5, 5.41) is 2.14. The molecule has 150 valence electrons. The Balaban J connectivity index is 1.92. The first kappa shape index (κ1) is 20.4. The zero-order valence-electron chi connectivity index (χ0n) is 15.9. The van der Waals surface area contributed by atoms with Gasteiger partial charge in [0.25, 0.3) is 11.8 Å². The van der Waals surface area contributed by atoms with Gasteiger partial charge in [-0.05, 0) is 48.0 Å². The van der Waals surface area contributed by atoms with Crippen LogP contribution in [0.2, 0.25) is 0 Å². The van der Waals surface area contributed by atoms with E-state index in [0.717, 1.165) is 4.90 Å². The minimum atomic E-state index is -0.890. The molecular formula is C22H16N2O6. The maximum absolute atomic E-state index is 12.9. The van der Waals surface area contributed by atoms with Gasteiger partial charge in [0, 0.05) is 0 Å². The molecule has 3 rings (SSSR count). The minimum absolute atomic E-state index is 0.0727. The second kappa shape index (κ2) is 8.75. The van der Waals surface area contributed by atoms with E-state index in [1.807, 2.05) is 0 Å².